The Morgan fingerprint density at radius 2 is 2.00 bits per heavy atom. The number of aliphatic hydroxyl groups is 1. The van der Waals surface area contributed by atoms with Crippen LogP contribution in [0.5, 0.6) is 0 Å². The van der Waals surface area contributed by atoms with Crippen LogP contribution in [0.1, 0.15) is 19.4 Å². The molecule has 0 saturated carbocycles. The Bertz CT molecular complexity index is 1110. The number of nitrogens with one attached hydrogen (secondary N) is 2. The van der Waals surface area contributed by atoms with Crippen molar-refractivity contribution in [1.82, 2.24) is 19.4 Å². The molecule has 0 saturated heterocycles. The van der Waals surface area contributed by atoms with Crippen LogP contribution in [0.2, 0.25) is 0 Å². The second-order valence-corrected chi connectivity index (χ2v) is 9.23. The van der Waals surface area contributed by atoms with E-state index in [0.717, 1.165) is 27.6 Å². The lowest BCUT2D eigenvalue weighted by Crippen LogP contribution is -2.40. The number of aromatic nitrogens is 2. The Balaban J connectivity index is 1.27. The van der Waals surface area contributed by atoms with Gasteiger partial charge in [-0.25, -0.2) is 0 Å². The molecule has 0 amide bonds. The largest absolute Gasteiger partial charge is 0.384 e. The maximum absolute atomic E-state index is 10.9. The molecule has 0 aliphatic heterocycles. The molecule has 29 heavy (non-hydrogen) atoms. The molecule has 2 heterocycles. The molecule has 7 heteroatoms. The molecule has 0 aliphatic carbocycles. The molecule has 2 atom stereocenters. The number of pyridine rings is 1. The van der Waals surface area contributed by atoms with Crippen molar-refractivity contribution < 1.29 is 5.11 Å². The summed E-state index contributed by atoms with van der Waals surface area (Å²) in [4.78, 5) is 5.32. The van der Waals surface area contributed by atoms with Crippen LogP contribution >= 0.6 is 23.5 Å². The summed E-state index contributed by atoms with van der Waals surface area (Å²) in [5, 5.41) is 17.7. The van der Waals surface area contributed by atoms with Crippen molar-refractivity contribution in [2.24, 2.45) is 0 Å². The minimum Gasteiger partial charge on any atom is -0.384 e. The van der Waals surface area contributed by atoms with Crippen LogP contribution in [0.25, 0.3) is 20.9 Å². The summed E-state index contributed by atoms with van der Waals surface area (Å²) in [6.45, 7) is 5.21. The zero-order chi connectivity index (χ0) is 20.3. The number of benzene rings is 2. The first-order valence-electron chi connectivity index (χ1n) is 9.55. The maximum Gasteiger partial charge on any atom is 0.0992 e. The van der Waals surface area contributed by atoms with Gasteiger partial charge in [-0.1, -0.05) is 12.1 Å². The zero-order valence-electron chi connectivity index (χ0n) is 16.4. The van der Waals surface area contributed by atoms with Crippen molar-refractivity contribution in [3.8, 4) is 0 Å². The highest BCUT2D eigenvalue weighted by molar-refractivity contribution is 7.97. The molecule has 0 bridgehead atoms. The Hall–Kier alpha value is -2.03. The smallest absolute Gasteiger partial charge is 0.0992 e. The van der Waals surface area contributed by atoms with Gasteiger partial charge in [0.25, 0.3) is 0 Å². The third kappa shape index (κ3) is 4.94. The summed E-state index contributed by atoms with van der Waals surface area (Å²) in [5.74, 6) is 0. The van der Waals surface area contributed by atoms with Crippen molar-refractivity contribution in [2.45, 2.75) is 30.4 Å². The molecule has 0 fully saturated rings. The van der Waals surface area contributed by atoms with Gasteiger partial charge in [0.05, 0.1) is 10.3 Å². The number of hydrogen-bond acceptors (Lipinski definition) is 7. The van der Waals surface area contributed by atoms with Crippen molar-refractivity contribution in [3.63, 3.8) is 0 Å². The number of nitrogens with zero attached hydrogens (tertiary/aromatic N) is 2. The Kier molecular flexibility index (Phi) is 6.12. The summed E-state index contributed by atoms with van der Waals surface area (Å²) in [6.07, 6.45) is 5.54. The summed E-state index contributed by atoms with van der Waals surface area (Å²) in [6, 6.07) is 14.6. The SMILES string of the molecule is C[C@H](CNCC(C)(O)c1ccc2sncc2c1)NSc1ccc2cnccc2c1. The Morgan fingerprint density at radius 1 is 1.10 bits per heavy atom. The molecule has 5 nitrogen and oxygen atoms in total. The van der Waals surface area contributed by atoms with E-state index in [9.17, 15) is 5.11 Å². The highest BCUT2D eigenvalue weighted by Crippen LogP contribution is 2.26. The third-order valence-corrected chi connectivity index (χ3v) is 6.67. The first kappa shape index (κ1) is 20.3. The highest BCUT2D eigenvalue weighted by atomic mass is 32.2. The average molecular weight is 425 g/mol. The molecule has 0 spiro atoms. The van der Waals surface area contributed by atoms with Crippen molar-refractivity contribution in [3.05, 3.63) is 66.6 Å². The van der Waals surface area contributed by atoms with Crippen molar-refractivity contribution >= 4 is 44.3 Å². The van der Waals surface area contributed by atoms with Gasteiger partial charge in [0.2, 0.25) is 0 Å². The minimum absolute atomic E-state index is 0.243. The van der Waals surface area contributed by atoms with E-state index >= 15 is 0 Å². The zero-order valence-corrected chi connectivity index (χ0v) is 18.1. The van der Waals surface area contributed by atoms with Crippen LogP contribution in [0.3, 0.4) is 0 Å². The van der Waals surface area contributed by atoms with Gasteiger partial charge in [0.1, 0.15) is 0 Å². The molecule has 1 unspecified atom stereocenters. The van der Waals surface area contributed by atoms with Crippen molar-refractivity contribution in [1.29, 1.82) is 0 Å². The van der Waals surface area contributed by atoms with E-state index in [4.69, 9.17) is 0 Å². The van der Waals surface area contributed by atoms with Gasteiger partial charge < -0.3 is 10.4 Å². The quantitative estimate of drug-likeness (QED) is 0.366. The monoisotopic (exact) mass is 424 g/mol. The van der Waals surface area contributed by atoms with Crippen LogP contribution in [-0.4, -0.2) is 33.6 Å². The van der Waals surface area contributed by atoms with Crippen LogP contribution in [-0.2, 0) is 5.60 Å². The summed E-state index contributed by atoms with van der Waals surface area (Å²) in [7, 11) is 0. The van der Waals surface area contributed by atoms with E-state index in [1.54, 1.807) is 11.9 Å². The molecule has 4 aromatic rings. The lowest BCUT2D eigenvalue weighted by atomic mass is 9.95. The molecule has 2 aromatic heterocycles. The fourth-order valence-electron chi connectivity index (χ4n) is 3.18. The van der Waals surface area contributed by atoms with Gasteiger partial charge in [0.15, 0.2) is 0 Å². The van der Waals surface area contributed by atoms with Gasteiger partial charge >= 0.3 is 0 Å². The molecule has 150 valence electrons. The topological polar surface area (TPSA) is 70.1 Å². The first-order valence-corrected chi connectivity index (χ1v) is 11.1. The van der Waals surface area contributed by atoms with E-state index in [1.165, 1.54) is 21.8 Å². The van der Waals surface area contributed by atoms with Gasteiger partial charge in [-0.2, -0.15) is 4.37 Å². The molecule has 3 N–H and O–H groups in total. The predicted molar refractivity (Wildman–Crippen MR) is 122 cm³/mol. The molecule has 0 radical (unpaired) electrons. The van der Waals surface area contributed by atoms with Gasteiger partial charge in [-0.15, -0.1) is 0 Å². The average Bonchev–Trinajstić information content (AvgIpc) is 3.20. The fourth-order valence-corrected chi connectivity index (χ4v) is 4.55. The Morgan fingerprint density at radius 3 is 2.90 bits per heavy atom. The fraction of sp³-hybridized carbons (Fsp3) is 0.273. The third-order valence-electron chi connectivity index (χ3n) is 4.88. The summed E-state index contributed by atoms with van der Waals surface area (Å²) >= 11 is 3.09. The van der Waals surface area contributed by atoms with Gasteiger partial charge in [-0.05, 0) is 78.6 Å². The normalized spacial score (nSPS) is 14.9. The maximum atomic E-state index is 10.9. The van der Waals surface area contributed by atoms with Crippen LogP contribution < -0.4 is 10.0 Å². The molecule has 2 aromatic carbocycles. The van der Waals surface area contributed by atoms with Crippen LogP contribution in [0.15, 0.2) is 66.0 Å². The standard InChI is InChI=1S/C22H24N4OS2/c1-15(26-28-20-5-3-17-12-23-8-7-16(17)10-20)11-24-14-22(2,27)19-4-6-21-18(9-19)13-25-29-21/h3-10,12-13,15,24,26-27H,11,14H2,1-2H3/t15-,22?/m1/s1. The highest BCUT2D eigenvalue weighted by Gasteiger charge is 2.23. The van der Waals surface area contributed by atoms with Gasteiger partial charge in [-0.3, -0.25) is 9.71 Å². The summed E-state index contributed by atoms with van der Waals surface area (Å²) < 4.78 is 8.80. The van der Waals surface area contributed by atoms with Gasteiger partial charge in [0, 0.05) is 53.4 Å². The van der Waals surface area contributed by atoms with E-state index in [2.05, 4.69) is 44.5 Å². The number of fused-ring (bicyclic) bond motifs is 2. The minimum atomic E-state index is -0.935. The van der Waals surface area contributed by atoms with Crippen LogP contribution in [0, 0.1) is 0 Å². The molecular formula is C22H24N4OS2. The number of hydrogen-bond donors (Lipinski definition) is 3. The Labute approximate surface area is 178 Å². The number of rotatable bonds is 8. The molecular weight excluding hydrogens is 400 g/mol. The lowest BCUT2D eigenvalue weighted by molar-refractivity contribution is 0.0570. The lowest BCUT2D eigenvalue weighted by Gasteiger charge is -2.25. The van der Waals surface area contributed by atoms with E-state index in [0.29, 0.717) is 6.54 Å². The van der Waals surface area contributed by atoms with Crippen LogP contribution in [0.4, 0.5) is 0 Å². The second kappa shape index (κ2) is 8.77. The predicted octanol–water partition coefficient (Wildman–Crippen LogP) is 4.33. The molecule has 4 rings (SSSR count). The van der Waals surface area contributed by atoms with E-state index in [-0.39, 0.29) is 6.04 Å². The van der Waals surface area contributed by atoms with Crippen molar-refractivity contribution in [2.75, 3.05) is 13.1 Å². The van der Waals surface area contributed by atoms with E-state index < -0.39 is 5.60 Å². The first-order chi connectivity index (χ1) is 14.0. The molecule has 0 aliphatic rings. The van der Waals surface area contributed by atoms with E-state index in [1.807, 2.05) is 49.8 Å². The second-order valence-electron chi connectivity index (χ2n) is 7.49. The summed E-state index contributed by atoms with van der Waals surface area (Å²) in [5.41, 5.74) is -0.0339.